The average molecular weight is 523 g/mol. The van der Waals surface area contributed by atoms with Crippen molar-refractivity contribution in [2.45, 2.75) is 34.2 Å². The third kappa shape index (κ3) is 5.90. The topological polar surface area (TPSA) is 134 Å². The van der Waals surface area contributed by atoms with E-state index in [1.807, 2.05) is 32.0 Å². The number of hydrogen-bond donors (Lipinski definition) is 2. The SMILES string of the molecule is CCN(CC)c1ccc(/C=C/C=c2/c(C)c3c(n(CCOO)c2=O)=NN(C#CCOO)C3=O)c(C(C)=O)c1. The first kappa shape index (κ1) is 28.5. The van der Waals surface area contributed by atoms with Crippen molar-refractivity contribution in [2.24, 2.45) is 5.10 Å². The molecule has 11 heteroatoms. The molecule has 1 amide bonds. The predicted octanol–water partition coefficient (Wildman–Crippen LogP) is 1.63. The van der Waals surface area contributed by atoms with E-state index in [1.165, 1.54) is 11.5 Å². The zero-order valence-corrected chi connectivity index (χ0v) is 21.7. The Morgan fingerprint density at radius 1 is 1.18 bits per heavy atom. The summed E-state index contributed by atoms with van der Waals surface area (Å²) in [6, 6.07) is 8.11. The maximum absolute atomic E-state index is 13.4. The van der Waals surface area contributed by atoms with Gasteiger partial charge in [-0.2, -0.15) is 0 Å². The molecule has 2 heterocycles. The highest BCUT2D eigenvalue weighted by atomic mass is 17.1. The Kier molecular flexibility index (Phi) is 9.70. The molecule has 3 rings (SSSR count). The lowest BCUT2D eigenvalue weighted by atomic mass is 10.0. The Balaban J connectivity index is 2.12. The molecule has 1 aromatic heterocycles. The van der Waals surface area contributed by atoms with Gasteiger partial charge in [0.2, 0.25) is 0 Å². The Labute approximate surface area is 219 Å². The molecule has 11 nitrogen and oxygen atoms in total. The number of nitrogens with zero attached hydrogens (tertiary/aromatic N) is 4. The van der Waals surface area contributed by atoms with Crippen molar-refractivity contribution in [3.05, 3.63) is 67.6 Å². The lowest BCUT2D eigenvalue weighted by Crippen LogP contribution is -2.46. The van der Waals surface area contributed by atoms with E-state index >= 15 is 0 Å². The smallest absolute Gasteiger partial charge is 0.290 e. The standard InChI is InChI=1S/C27H30N4O7/c1-5-29(6-2)21-12-11-20(23(17-21)19(4)32)9-7-10-22-18(3)24-25(30(26(22)33)14-16-38-36)28-31(27(24)34)13-8-15-37-35/h7,9-12,17,35-36H,5-6,14-16H2,1-4H3/b9-7+,22-10-. The van der Waals surface area contributed by atoms with Crippen molar-refractivity contribution in [2.75, 3.05) is 31.2 Å². The highest BCUT2D eigenvalue weighted by molar-refractivity contribution is 5.99. The minimum atomic E-state index is -0.550. The molecule has 0 fully saturated rings. The van der Waals surface area contributed by atoms with Gasteiger partial charge in [-0.05, 0) is 63.0 Å². The van der Waals surface area contributed by atoms with Crippen LogP contribution < -0.4 is 21.2 Å². The van der Waals surface area contributed by atoms with Gasteiger partial charge in [-0.1, -0.05) is 18.2 Å². The number of carbonyl (C=O) groups is 2. The maximum atomic E-state index is 13.4. The largest absolute Gasteiger partial charge is 0.372 e. The number of aromatic nitrogens is 1. The highest BCUT2D eigenvalue weighted by Crippen LogP contribution is 2.21. The number of benzene rings is 1. The molecule has 0 bridgehead atoms. The van der Waals surface area contributed by atoms with Gasteiger partial charge in [-0.25, -0.2) is 9.78 Å². The van der Waals surface area contributed by atoms with Crippen LogP contribution in [-0.2, 0) is 16.3 Å². The van der Waals surface area contributed by atoms with Crippen molar-refractivity contribution in [3.8, 4) is 12.0 Å². The molecule has 0 atom stereocenters. The van der Waals surface area contributed by atoms with Crippen molar-refractivity contribution in [3.63, 3.8) is 0 Å². The summed E-state index contributed by atoms with van der Waals surface area (Å²) in [4.78, 5) is 48.9. The van der Waals surface area contributed by atoms with E-state index in [-0.39, 0.29) is 41.8 Å². The number of rotatable bonds is 10. The van der Waals surface area contributed by atoms with Gasteiger partial charge < -0.3 is 4.90 Å². The molecule has 1 aromatic carbocycles. The van der Waals surface area contributed by atoms with Gasteiger partial charge >= 0.3 is 0 Å². The van der Waals surface area contributed by atoms with Crippen LogP contribution in [0.25, 0.3) is 12.2 Å². The molecule has 1 aliphatic rings. The van der Waals surface area contributed by atoms with Crippen LogP contribution in [0.15, 0.2) is 34.2 Å². The number of ketones is 1. The fourth-order valence-corrected chi connectivity index (χ4v) is 4.22. The molecule has 0 spiro atoms. The molecule has 0 radical (unpaired) electrons. The molecule has 2 N–H and O–H groups in total. The van der Waals surface area contributed by atoms with Crippen LogP contribution in [0, 0.1) is 18.9 Å². The zero-order valence-electron chi connectivity index (χ0n) is 21.7. The van der Waals surface area contributed by atoms with Crippen molar-refractivity contribution in [1.29, 1.82) is 0 Å². The minimum absolute atomic E-state index is 0.0679. The van der Waals surface area contributed by atoms with Crippen LogP contribution in [0.2, 0.25) is 0 Å². The number of fused-ring (bicyclic) bond motifs is 1. The van der Waals surface area contributed by atoms with Gasteiger partial charge in [0.15, 0.2) is 11.3 Å². The molecule has 1 aliphatic heterocycles. The first-order valence-corrected chi connectivity index (χ1v) is 12.0. The molecule has 200 valence electrons. The quantitative estimate of drug-likeness (QED) is 0.208. The van der Waals surface area contributed by atoms with Crippen LogP contribution >= 0.6 is 0 Å². The first-order chi connectivity index (χ1) is 18.3. The summed E-state index contributed by atoms with van der Waals surface area (Å²) in [6.45, 7) is 8.25. The van der Waals surface area contributed by atoms with Gasteiger partial charge in [0.1, 0.15) is 13.2 Å². The number of pyridine rings is 1. The molecule has 2 aromatic rings. The molecule has 0 saturated heterocycles. The second-order valence-electron chi connectivity index (χ2n) is 8.33. The van der Waals surface area contributed by atoms with Crippen LogP contribution in [0.3, 0.4) is 0 Å². The molecular weight excluding hydrogens is 492 g/mol. The van der Waals surface area contributed by atoms with Gasteiger partial charge in [0.25, 0.3) is 11.5 Å². The van der Waals surface area contributed by atoms with Gasteiger partial charge in [0, 0.05) is 35.6 Å². The van der Waals surface area contributed by atoms with Gasteiger partial charge in [0.05, 0.1) is 12.1 Å². The van der Waals surface area contributed by atoms with Gasteiger partial charge in [-0.15, -0.1) is 10.1 Å². The average Bonchev–Trinajstić information content (AvgIpc) is 3.23. The molecule has 0 unspecified atom stereocenters. The molecule has 38 heavy (non-hydrogen) atoms. The predicted molar refractivity (Wildman–Crippen MR) is 141 cm³/mol. The van der Waals surface area contributed by atoms with Crippen LogP contribution in [0.4, 0.5) is 5.69 Å². The van der Waals surface area contributed by atoms with E-state index in [0.717, 1.165) is 23.8 Å². The number of anilines is 1. The second-order valence-corrected chi connectivity index (χ2v) is 8.33. The van der Waals surface area contributed by atoms with Gasteiger partial charge in [-0.3, -0.25) is 29.5 Å². The minimum Gasteiger partial charge on any atom is -0.372 e. The van der Waals surface area contributed by atoms with E-state index in [1.54, 1.807) is 25.2 Å². The Bertz CT molecular complexity index is 1490. The van der Waals surface area contributed by atoms with Crippen molar-refractivity contribution < 1.29 is 29.9 Å². The first-order valence-electron chi connectivity index (χ1n) is 12.0. The number of amides is 1. The zero-order chi connectivity index (χ0) is 27.8. The second kappa shape index (κ2) is 12.9. The summed E-state index contributed by atoms with van der Waals surface area (Å²) in [6.07, 6.45) is 4.95. The molecule has 0 saturated carbocycles. The molecule has 0 aliphatic carbocycles. The lowest BCUT2D eigenvalue weighted by Gasteiger charge is -2.22. The van der Waals surface area contributed by atoms with E-state index in [2.05, 4.69) is 31.7 Å². The lowest BCUT2D eigenvalue weighted by molar-refractivity contribution is -0.244. The number of Topliss-reactive ketones (excluding diaryl/α,β-unsaturated/α-hetero) is 1. The summed E-state index contributed by atoms with van der Waals surface area (Å²) in [5.41, 5.74) is 2.40. The summed E-state index contributed by atoms with van der Waals surface area (Å²) in [5, 5.41) is 22.5. The number of carbonyl (C=O) groups excluding carboxylic acids is 2. The summed E-state index contributed by atoms with van der Waals surface area (Å²) < 4.78 is 1.22. The summed E-state index contributed by atoms with van der Waals surface area (Å²) >= 11 is 0. The Morgan fingerprint density at radius 3 is 2.55 bits per heavy atom. The number of allylic oxidation sites excluding steroid dienone is 1. The maximum Gasteiger partial charge on any atom is 0.290 e. The van der Waals surface area contributed by atoms with Crippen molar-refractivity contribution in [1.82, 2.24) is 9.58 Å². The van der Waals surface area contributed by atoms with Crippen LogP contribution in [0.5, 0.6) is 0 Å². The highest BCUT2D eigenvalue weighted by Gasteiger charge is 2.28. The number of hydrogen-bond acceptors (Lipinski definition) is 9. The van der Waals surface area contributed by atoms with Crippen LogP contribution in [0.1, 0.15) is 52.6 Å². The monoisotopic (exact) mass is 522 g/mol. The van der Waals surface area contributed by atoms with E-state index in [4.69, 9.17) is 10.5 Å². The van der Waals surface area contributed by atoms with E-state index < -0.39 is 11.5 Å². The normalized spacial score (nSPS) is 12.9. The Hall–Kier alpha value is -4.08. The van der Waals surface area contributed by atoms with Crippen LogP contribution in [-0.4, -0.2) is 58.1 Å². The van der Waals surface area contributed by atoms with Crippen molar-refractivity contribution >= 4 is 29.5 Å². The fourth-order valence-electron chi connectivity index (χ4n) is 4.22. The summed E-state index contributed by atoms with van der Waals surface area (Å²) in [5.74, 6) is 1.79. The fraction of sp³-hybridized carbons (Fsp3) is 0.333. The van der Waals surface area contributed by atoms with E-state index in [9.17, 15) is 14.4 Å². The molecular formula is C27H30N4O7. The van der Waals surface area contributed by atoms with E-state index in [0.29, 0.717) is 16.7 Å². The third-order valence-corrected chi connectivity index (χ3v) is 6.15. The summed E-state index contributed by atoms with van der Waals surface area (Å²) in [7, 11) is 0. The third-order valence-electron chi connectivity index (χ3n) is 6.15. The Morgan fingerprint density at radius 2 is 1.92 bits per heavy atom.